The first kappa shape index (κ1) is 23.4. The van der Waals surface area contributed by atoms with Gasteiger partial charge in [0.05, 0.1) is 16.9 Å². The average Bonchev–Trinajstić information content (AvgIpc) is 3.32. The van der Waals surface area contributed by atoms with Crippen molar-refractivity contribution in [3.05, 3.63) is 112 Å². The number of benzene rings is 2. The first-order chi connectivity index (χ1) is 17.4. The number of pyridine rings is 1. The summed E-state index contributed by atoms with van der Waals surface area (Å²) in [5.41, 5.74) is 0.880. The number of carbonyl (C=O) groups excluding carboxylic acids is 2. The summed E-state index contributed by atoms with van der Waals surface area (Å²) in [5.74, 6) is -1.77. The van der Waals surface area contributed by atoms with Crippen LogP contribution in [0.2, 0.25) is 5.02 Å². The first-order valence-electron chi connectivity index (χ1n) is 11.4. The molecular weight excluding hydrogens is 483 g/mol. The number of anilines is 1. The van der Waals surface area contributed by atoms with Gasteiger partial charge in [0.15, 0.2) is 12.4 Å². The molecule has 9 heteroatoms. The first-order valence-corrected chi connectivity index (χ1v) is 11.7. The molecule has 2 aromatic carbocycles. The zero-order valence-electron chi connectivity index (χ0n) is 19.2. The van der Waals surface area contributed by atoms with Crippen LogP contribution in [0.4, 0.5) is 10.1 Å². The van der Waals surface area contributed by atoms with E-state index in [1.165, 1.54) is 33.5 Å². The summed E-state index contributed by atoms with van der Waals surface area (Å²) >= 11 is 6.15. The van der Waals surface area contributed by atoms with Crippen molar-refractivity contribution < 1.29 is 18.5 Å². The summed E-state index contributed by atoms with van der Waals surface area (Å²) in [6.45, 7) is 1.95. The smallest absolute Gasteiger partial charge is 0.294 e. The molecule has 0 saturated carbocycles. The van der Waals surface area contributed by atoms with Crippen molar-refractivity contribution >= 4 is 40.4 Å². The van der Waals surface area contributed by atoms with E-state index in [2.05, 4.69) is 5.10 Å². The number of imide groups is 1. The van der Waals surface area contributed by atoms with Crippen molar-refractivity contribution in [2.45, 2.75) is 19.8 Å². The second kappa shape index (κ2) is 9.39. The van der Waals surface area contributed by atoms with Crippen LogP contribution in [0.3, 0.4) is 0 Å². The third-order valence-corrected chi connectivity index (χ3v) is 6.14. The maximum atomic E-state index is 13.9. The molecule has 1 N–H and O–H groups in total. The van der Waals surface area contributed by atoms with E-state index in [0.29, 0.717) is 29.2 Å². The number of aromatic amines is 1. The minimum absolute atomic E-state index is 0.0222. The molecule has 0 fully saturated rings. The lowest BCUT2D eigenvalue weighted by atomic mass is 10.0. The Kier molecular flexibility index (Phi) is 6.12. The van der Waals surface area contributed by atoms with Gasteiger partial charge in [-0.3, -0.25) is 19.5 Å². The molecule has 0 radical (unpaired) electrons. The van der Waals surface area contributed by atoms with Crippen molar-refractivity contribution in [3.63, 3.8) is 0 Å². The van der Waals surface area contributed by atoms with Crippen LogP contribution in [0.15, 0.2) is 83.9 Å². The number of H-pyrrole nitrogens is 1. The average molecular weight is 504 g/mol. The fourth-order valence-electron chi connectivity index (χ4n) is 4.32. The van der Waals surface area contributed by atoms with Crippen LogP contribution in [0.5, 0.6) is 0 Å². The van der Waals surface area contributed by atoms with E-state index in [1.54, 1.807) is 54.9 Å². The Morgan fingerprint density at radius 2 is 1.64 bits per heavy atom. The lowest BCUT2D eigenvalue weighted by molar-refractivity contribution is -0.576. The number of hydrogen-bond acceptors (Lipinski definition) is 3. The largest absolute Gasteiger partial charge is 0.331 e. The zero-order chi connectivity index (χ0) is 25.4. The molecule has 4 aromatic rings. The molecule has 1 aliphatic heterocycles. The molecule has 0 saturated heterocycles. The number of aryl methyl sites for hydroxylation is 1. The third-order valence-electron chi connectivity index (χ3n) is 5.90. The standard InChI is InChI=1S/C27H20ClFN4O3/c1-2-7-21-22(26(35)33(30-21)20-9-6-8-17(28)16-20)23-24(31-14-4-3-5-15-31)27(36)32(25(23)34)19-12-10-18(29)11-13-19/h3-6,8-16H,2,7H2,1H3/p+1. The number of nitrogens with zero attached hydrogens (tertiary/aromatic N) is 3. The fraction of sp³-hybridized carbons (Fsp3) is 0.111. The number of nitrogens with one attached hydrogen (secondary N) is 1. The van der Waals surface area contributed by atoms with Gasteiger partial charge in [-0.25, -0.2) is 14.0 Å². The van der Waals surface area contributed by atoms with Crippen molar-refractivity contribution in [2.75, 3.05) is 4.90 Å². The van der Waals surface area contributed by atoms with Crippen molar-refractivity contribution in [1.29, 1.82) is 0 Å². The summed E-state index contributed by atoms with van der Waals surface area (Å²) in [6, 6.07) is 17.0. The van der Waals surface area contributed by atoms with Crippen molar-refractivity contribution in [3.8, 4) is 5.69 Å². The molecule has 1 aliphatic rings. The lowest BCUT2D eigenvalue weighted by Crippen LogP contribution is -2.39. The minimum Gasteiger partial charge on any atom is -0.294 e. The quantitative estimate of drug-likeness (QED) is 0.317. The highest BCUT2D eigenvalue weighted by Crippen LogP contribution is 2.33. The molecule has 0 atom stereocenters. The van der Waals surface area contributed by atoms with E-state index in [4.69, 9.17) is 11.6 Å². The highest BCUT2D eigenvalue weighted by molar-refractivity contribution is 6.53. The van der Waals surface area contributed by atoms with Gasteiger partial charge >= 0.3 is 5.91 Å². The highest BCUT2D eigenvalue weighted by Gasteiger charge is 2.48. The fourth-order valence-corrected chi connectivity index (χ4v) is 4.51. The Balaban J connectivity index is 1.77. The van der Waals surface area contributed by atoms with Crippen LogP contribution in [-0.4, -0.2) is 21.6 Å². The molecule has 0 aliphatic carbocycles. The van der Waals surface area contributed by atoms with Crippen LogP contribution in [0.25, 0.3) is 17.0 Å². The van der Waals surface area contributed by atoms with Gasteiger partial charge < -0.3 is 0 Å². The molecule has 36 heavy (non-hydrogen) atoms. The lowest BCUT2D eigenvalue weighted by Gasteiger charge is -2.13. The van der Waals surface area contributed by atoms with Crippen molar-refractivity contribution in [2.24, 2.45) is 0 Å². The summed E-state index contributed by atoms with van der Waals surface area (Å²) in [5, 5.41) is 3.56. The highest BCUT2D eigenvalue weighted by atomic mass is 35.5. The van der Waals surface area contributed by atoms with Crippen LogP contribution >= 0.6 is 11.6 Å². The number of amides is 2. The topological polar surface area (TPSA) is 79.1 Å². The predicted octanol–water partition coefficient (Wildman–Crippen LogP) is 4.14. The van der Waals surface area contributed by atoms with Crippen LogP contribution in [0.1, 0.15) is 24.6 Å². The summed E-state index contributed by atoms with van der Waals surface area (Å²) < 4.78 is 16.4. The molecule has 5 rings (SSSR count). The number of hydrogen-bond donors (Lipinski definition) is 1. The molecule has 0 bridgehead atoms. The van der Waals surface area contributed by atoms with Gasteiger partial charge in [0, 0.05) is 22.8 Å². The Hall–Kier alpha value is -4.30. The second-order valence-electron chi connectivity index (χ2n) is 8.26. The van der Waals surface area contributed by atoms with E-state index >= 15 is 0 Å². The number of halogens is 2. The Morgan fingerprint density at radius 3 is 2.31 bits per heavy atom. The predicted molar refractivity (Wildman–Crippen MR) is 134 cm³/mol. The van der Waals surface area contributed by atoms with E-state index in [1.807, 2.05) is 6.92 Å². The summed E-state index contributed by atoms with van der Waals surface area (Å²) in [4.78, 5) is 42.3. The minimum atomic E-state index is -0.662. The molecule has 2 aromatic heterocycles. The maximum Gasteiger partial charge on any atom is 0.331 e. The molecular formula is C27H21ClFN4O3+. The SMILES string of the molecule is CCCc1[nH]n(-c2cccc(Cl)c2)c(=O)c1C1=C([n+]2ccccc2)C(=O)N(c2ccc(F)cc2)C1=O. The molecule has 7 nitrogen and oxygen atoms in total. The third kappa shape index (κ3) is 3.95. The zero-order valence-corrected chi connectivity index (χ0v) is 20.0. The van der Waals surface area contributed by atoms with Gasteiger partial charge in [0.1, 0.15) is 11.4 Å². The Morgan fingerprint density at radius 1 is 0.917 bits per heavy atom. The molecule has 0 unspecified atom stereocenters. The van der Waals surface area contributed by atoms with Gasteiger partial charge in [0.2, 0.25) is 0 Å². The normalized spacial score (nSPS) is 13.7. The van der Waals surface area contributed by atoms with Gasteiger partial charge in [0.25, 0.3) is 17.2 Å². The van der Waals surface area contributed by atoms with E-state index in [0.717, 1.165) is 4.90 Å². The van der Waals surface area contributed by atoms with Gasteiger partial charge in [-0.05, 0) is 48.9 Å². The molecule has 2 amide bonds. The van der Waals surface area contributed by atoms with Gasteiger partial charge in [-0.15, -0.1) is 0 Å². The molecule has 3 heterocycles. The molecule has 180 valence electrons. The number of aromatic nitrogens is 3. The second-order valence-corrected chi connectivity index (χ2v) is 8.70. The van der Waals surface area contributed by atoms with Gasteiger partial charge in [-0.2, -0.15) is 4.57 Å². The van der Waals surface area contributed by atoms with Crippen LogP contribution in [0, 0.1) is 5.82 Å². The number of rotatable bonds is 6. The van der Waals surface area contributed by atoms with Crippen molar-refractivity contribution in [1.82, 2.24) is 9.78 Å². The maximum absolute atomic E-state index is 13.9. The Bertz CT molecular complexity index is 1570. The van der Waals surface area contributed by atoms with E-state index in [9.17, 15) is 18.8 Å². The van der Waals surface area contributed by atoms with Crippen LogP contribution < -0.4 is 15.0 Å². The van der Waals surface area contributed by atoms with E-state index < -0.39 is 23.2 Å². The monoisotopic (exact) mass is 503 g/mol. The van der Waals surface area contributed by atoms with Gasteiger partial charge in [-0.1, -0.05) is 37.1 Å². The summed E-state index contributed by atoms with van der Waals surface area (Å²) in [7, 11) is 0. The molecule has 0 spiro atoms. The number of carbonyl (C=O) groups is 2. The van der Waals surface area contributed by atoms with Crippen LogP contribution in [-0.2, 0) is 16.0 Å². The van der Waals surface area contributed by atoms with E-state index in [-0.39, 0.29) is 22.5 Å². The summed E-state index contributed by atoms with van der Waals surface area (Å²) in [6.07, 6.45) is 4.42. The Labute approximate surface area is 210 Å².